The molecule has 0 saturated carbocycles. The molecule has 0 bridgehead atoms. The van der Waals surface area contributed by atoms with E-state index in [4.69, 9.17) is 16.7 Å². The molecule has 0 spiro atoms. The van der Waals surface area contributed by atoms with E-state index < -0.39 is 0 Å². The molecular formula is C14H8Br2ClNO2S. The highest BCUT2D eigenvalue weighted by atomic mass is 79.9. The lowest BCUT2D eigenvalue weighted by Gasteiger charge is -2.07. The number of benzene rings is 1. The Morgan fingerprint density at radius 2 is 2.14 bits per heavy atom. The molecule has 1 heterocycles. The lowest BCUT2D eigenvalue weighted by molar-refractivity contribution is 0.102. The fourth-order valence-corrected chi connectivity index (χ4v) is 4.51. The van der Waals surface area contributed by atoms with Crippen LogP contribution in [0.15, 0.2) is 31.8 Å². The van der Waals surface area contributed by atoms with Gasteiger partial charge in [0.15, 0.2) is 0 Å². The minimum Gasteiger partial charge on any atom is -0.384 e. The number of aliphatic hydroxyl groups excluding tert-OH is 1. The number of rotatable bonds is 2. The normalized spacial score (nSPS) is 9.90. The van der Waals surface area contributed by atoms with Crippen LogP contribution in [-0.4, -0.2) is 17.6 Å². The molecule has 0 radical (unpaired) electrons. The van der Waals surface area contributed by atoms with Crippen molar-refractivity contribution in [3.63, 3.8) is 0 Å². The summed E-state index contributed by atoms with van der Waals surface area (Å²) >= 11 is 14.0. The van der Waals surface area contributed by atoms with Crippen LogP contribution in [0.5, 0.6) is 0 Å². The molecule has 0 aliphatic rings. The van der Waals surface area contributed by atoms with Crippen molar-refractivity contribution in [2.75, 3.05) is 11.9 Å². The first-order valence-electron chi connectivity index (χ1n) is 5.66. The molecule has 1 aromatic carbocycles. The second-order valence-electron chi connectivity index (χ2n) is 3.84. The highest BCUT2D eigenvalue weighted by Crippen LogP contribution is 2.32. The molecule has 0 aliphatic heterocycles. The summed E-state index contributed by atoms with van der Waals surface area (Å²) in [5.41, 5.74) is 1.62. The van der Waals surface area contributed by atoms with E-state index >= 15 is 0 Å². The fourth-order valence-electron chi connectivity index (χ4n) is 1.55. The molecule has 0 aliphatic carbocycles. The van der Waals surface area contributed by atoms with Crippen molar-refractivity contribution in [3.05, 3.63) is 48.0 Å². The molecule has 7 heteroatoms. The van der Waals surface area contributed by atoms with Crippen LogP contribution in [-0.2, 0) is 0 Å². The van der Waals surface area contributed by atoms with Gasteiger partial charge in [0, 0.05) is 10.6 Å². The summed E-state index contributed by atoms with van der Waals surface area (Å²) in [4.78, 5) is 12.3. The van der Waals surface area contributed by atoms with Crippen LogP contribution >= 0.6 is 54.8 Å². The Balaban J connectivity index is 2.31. The van der Waals surface area contributed by atoms with Gasteiger partial charge in [-0.1, -0.05) is 23.4 Å². The Morgan fingerprint density at radius 3 is 2.76 bits per heavy atom. The summed E-state index contributed by atoms with van der Waals surface area (Å²) in [5, 5.41) is 12.1. The van der Waals surface area contributed by atoms with E-state index in [2.05, 4.69) is 49.0 Å². The number of hydrogen-bond acceptors (Lipinski definition) is 3. The number of hydrogen-bond donors (Lipinski definition) is 2. The lowest BCUT2D eigenvalue weighted by atomic mass is 10.1. The highest BCUT2D eigenvalue weighted by Gasteiger charge is 2.15. The van der Waals surface area contributed by atoms with E-state index in [1.165, 1.54) is 11.3 Å². The fraction of sp³-hybridized carbons (Fsp3) is 0.0714. The quantitative estimate of drug-likeness (QED) is 0.663. The lowest BCUT2D eigenvalue weighted by Crippen LogP contribution is -2.12. The Kier molecular flexibility index (Phi) is 5.85. The average molecular weight is 450 g/mol. The van der Waals surface area contributed by atoms with Gasteiger partial charge in [-0.25, -0.2) is 0 Å². The van der Waals surface area contributed by atoms with Crippen molar-refractivity contribution in [2.24, 2.45) is 0 Å². The van der Waals surface area contributed by atoms with Crippen molar-refractivity contribution in [2.45, 2.75) is 0 Å². The van der Waals surface area contributed by atoms with Gasteiger partial charge in [-0.15, -0.1) is 11.3 Å². The topological polar surface area (TPSA) is 49.3 Å². The van der Waals surface area contributed by atoms with Gasteiger partial charge in [-0.2, -0.15) is 0 Å². The molecule has 1 amide bonds. The maximum atomic E-state index is 12.3. The maximum Gasteiger partial charge on any atom is 0.257 e. The molecule has 0 unspecified atom stereocenters. The molecule has 108 valence electrons. The first-order valence-corrected chi connectivity index (χ1v) is 8.44. The largest absolute Gasteiger partial charge is 0.384 e. The van der Waals surface area contributed by atoms with E-state index in [9.17, 15) is 4.79 Å². The molecule has 2 N–H and O–H groups in total. The van der Waals surface area contributed by atoms with Crippen LogP contribution < -0.4 is 5.32 Å². The minimum absolute atomic E-state index is 0.252. The van der Waals surface area contributed by atoms with Crippen LogP contribution in [0.1, 0.15) is 15.9 Å². The average Bonchev–Trinajstić information content (AvgIpc) is 2.78. The molecular weight excluding hydrogens is 441 g/mol. The van der Waals surface area contributed by atoms with E-state index in [0.717, 1.165) is 7.57 Å². The van der Waals surface area contributed by atoms with Crippen molar-refractivity contribution in [1.82, 2.24) is 0 Å². The molecule has 0 fully saturated rings. The molecule has 21 heavy (non-hydrogen) atoms. The van der Waals surface area contributed by atoms with Crippen molar-refractivity contribution >= 4 is 66.4 Å². The summed E-state index contributed by atoms with van der Waals surface area (Å²) in [5.74, 6) is 5.05. The number of anilines is 1. The maximum absolute atomic E-state index is 12.3. The Morgan fingerprint density at radius 1 is 1.38 bits per heavy atom. The minimum atomic E-state index is -0.261. The van der Waals surface area contributed by atoms with Gasteiger partial charge in [0.25, 0.3) is 5.91 Å². The number of carbonyl (C=O) groups is 1. The van der Waals surface area contributed by atoms with Gasteiger partial charge in [0.1, 0.15) is 6.61 Å². The molecule has 0 saturated heterocycles. The second-order valence-corrected chi connectivity index (χ2v) is 8.03. The Hall–Kier alpha value is -0.840. The summed E-state index contributed by atoms with van der Waals surface area (Å²) in [6.45, 7) is -0.261. The molecule has 2 aromatic rings. The number of nitrogens with one attached hydrogen (secondary N) is 1. The van der Waals surface area contributed by atoms with Crippen LogP contribution in [0.3, 0.4) is 0 Å². The number of aliphatic hydroxyl groups is 1. The number of amides is 1. The van der Waals surface area contributed by atoms with Gasteiger partial charge in [-0.05, 0) is 56.1 Å². The number of carbonyl (C=O) groups excluding carboxylic acids is 1. The van der Waals surface area contributed by atoms with E-state index in [0.29, 0.717) is 21.8 Å². The summed E-state index contributed by atoms with van der Waals surface area (Å²) < 4.78 is 1.60. The molecule has 3 nitrogen and oxygen atoms in total. The predicted molar refractivity (Wildman–Crippen MR) is 93.1 cm³/mol. The van der Waals surface area contributed by atoms with Crippen LogP contribution in [0.4, 0.5) is 5.69 Å². The third-order valence-electron chi connectivity index (χ3n) is 2.43. The zero-order chi connectivity index (χ0) is 15.4. The van der Waals surface area contributed by atoms with Gasteiger partial charge in [0.05, 0.1) is 18.8 Å². The van der Waals surface area contributed by atoms with E-state index in [1.807, 2.05) is 0 Å². The van der Waals surface area contributed by atoms with Gasteiger partial charge < -0.3 is 10.4 Å². The van der Waals surface area contributed by atoms with Crippen LogP contribution in [0.2, 0.25) is 5.02 Å². The zero-order valence-electron chi connectivity index (χ0n) is 10.4. The van der Waals surface area contributed by atoms with Gasteiger partial charge in [-0.3, -0.25) is 4.79 Å². The smallest absolute Gasteiger partial charge is 0.257 e. The van der Waals surface area contributed by atoms with Crippen molar-refractivity contribution in [3.8, 4) is 11.8 Å². The standard InChI is InChI=1S/C14H8Br2ClNO2S/c15-12-7-10(13(16)21-12)14(20)18-11-4-3-9(17)6-8(11)2-1-5-19/h3-4,6-7,19H,5H2,(H,18,20). The van der Waals surface area contributed by atoms with E-state index in [-0.39, 0.29) is 12.5 Å². The summed E-state index contributed by atoms with van der Waals surface area (Å²) in [6, 6.07) is 6.72. The van der Waals surface area contributed by atoms with Gasteiger partial charge in [0.2, 0.25) is 0 Å². The molecule has 2 rings (SSSR count). The predicted octanol–water partition coefficient (Wildman–Crippen LogP) is 4.52. The van der Waals surface area contributed by atoms with Crippen LogP contribution in [0, 0.1) is 11.8 Å². The Bertz CT molecular complexity index is 749. The van der Waals surface area contributed by atoms with Crippen molar-refractivity contribution in [1.29, 1.82) is 0 Å². The third kappa shape index (κ3) is 4.31. The molecule has 0 atom stereocenters. The van der Waals surface area contributed by atoms with Gasteiger partial charge >= 0.3 is 0 Å². The highest BCUT2D eigenvalue weighted by molar-refractivity contribution is 9.12. The first-order chi connectivity index (χ1) is 10.0. The SMILES string of the molecule is O=C(Nc1ccc(Cl)cc1C#CCO)c1cc(Br)sc1Br. The van der Waals surface area contributed by atoms with Crippen molar-refractivity contribution < 1.29 is 9.90 Å². The summed E-state index contributed by atoms with van der Waals surface area (Å²) in [7, 11) is 0. The number of thiophene rings is 1. The van der Waals surface area contributed by atoms with Crippen LogP contribution in [0.25, 0.3) is 0 Å². The molecule has 1 aromatic heterocycles. The van der Waals surface area contributed by atoms with E-state index in [1.54, 1.807) is 24.3 Å². The second kappa shape index (κ2) is 7.43. The first kappa shape index (κ1) is 16.5. The summed E-state index contributed by atoms with van der Waals surface area (Å²) in [6.07, 6.45) is 0. The Labute approximate surface area is 147 Å². The zero-order valence-corrected chi connectivity index (χ0v) is 15.2. The third-order valence-corrected chi connectivity index (χ3v) is 5.01. The monoisotopic (exact) mass is 447 g/mol. The number of halogens is 3.